The van der Waals surface area contributed by atoms with Crippen molar-refractivity contribution in [1.29, 1.82) is 0 Å². The Bertz CT molecular complexity index is 3410. The Morgan fingerprint density at radius 2 is 0.933 bits per heavy atom. The van der Waals surface area contributed by atoms with Crippen molar-refractivity contribution in [1.82, 2.24) is 13.6 Å². The van der Waals surface area contributed by atoms with Crippen LogP contribution in [0.1, 0.15) is 0 Å². The Hall–Kier alpha value is -7.24. The van der Waals surface area contributed by atoms with Gasteiger partial charge in [0.1, 0.15) is 11.4 Å². The molecule has 1 aliphatic heterocycles. The van der Waals surface area contributed by atoms with E-state index in [1.807, 2.05) is 0 Å². The Labute approximate surface area is 350 Å². The molecule has 284 valence electrons. The van der Waals surface area contributed by atoms with Crippen molar-refractivity contribution in [2.24, 2.45) is 0 Å². The lowest BCUT2D eigenvalue weighted by Gasteiger charge is -2.35. The van der Waals surface area contributed by atoms with Crippen LogP contribution in [0.2, 0.25) is 0 Å². The van der Waals surface area contributed by atoms with E-state index >= 15 is 0 Å². The van der Waals surface area contributed by atoms with Gasteiger partial charge in [0.15, 0.2) is 8.07 Å². The van der Waals surface area contributed by atoms with Gasteiger partial charge in [-0.2, -0.15) is 0 Å². The summed E-state index contributed by atoms with van der Waals surface area (Å²) < 4.78 is 5.73. The second kappa shape index (κ2) is 13.1. The lowest BCUT2D eigenvalue weighted by molar-refractivity contribution is 0.568. The molecule has 0 atom stereocenters. The molecule has 2 aromatic heterocycles. The molecule has 0 saturated carbocycles. The van der Waals surface area contributed by atoms with Crippen LogP contribution in [0.4, 0.5) is 11.4 Å². The number of benzene rings is 9. The summed E-state index contributed by atoms with van der Waals surface area (Å²) >= 11 is 0. The van der Waals surface area contributed by atoms with Gasteiger partial charge in [0.25, 0.3) is 0 Å². The van der Waals surface area contributed by atoms with Crippen LogP contribution >= 0.6 is 0 Å². The first-order chi connectivity index (χ1) is 29.6. The smallest absolute Gasteiger partial charge is 0.180 e. The Morgan fingerprint density at radius 3 is 1.67 bits per heavy atom. The molecule has 3 nitrogen and oxygen atoms in total. The maximum absolute atomic E-state index is 3.08. The monoisotopic (exact) mass is 784 g/mol. The summed E-state index contributed by atoms with van der Waals surface area (Å²) in [6.45, 7) is 0. The van der Waals surface area contributed by atoms with Crippen molar-refractivity contribution in [3.63, 3.8) is 0 Å². The molecular weight excluding hydrogens is 743 g/mol. The quantitative estimate of drug-likeness (QED) is 0.0903. The van der Waals surface area contributed by atoms with Crippen molar-refractivity contribution in [2.75, 3.05) is 14.1 Å². The first kappa shape index (κ1) is 34.8. The van der Waals surface area contributed by atoms with Gasteiger partial charge < -0.3 is 9.13 Å². The van der Waals surface area contributed by atoms with Crippen LogP contribution in [0.25, 0.3) is 66.1 Å². The summed E-state index contributed by atoms with van der Waals surface area (Å²) in [6.07, 6.45) is 0. The molecule has 0 aliphatic carbocycles. The third-order valence-electron chi connectivity index (χ3n) is 13.3. The standard InChI is InChI=1S/C56H42N3Si/c1-59(2)51-34-17-14-30-47(51)55-52(59)37-36-45-44-28-12-15-31-48(44)58(56(45)55)40-22-18-27-43(38-40)60(41-23-8-4-9-24-41,42-25-10-5-11-26-42)53-35-19-33-50-54(53)46-29-13-16-32-49(46)57(50)39-20-6-3-7-21-39/h3-38H,1-2H3/q+1. The van der Waals surface area contributed by atoms with Gasteiger partial charge in [-0.25, -0.2) is 0 Å². The first-order valence-corrected chi connectivity index (χ1v) is 22.9. The topological polar surface area (TPSA) is 9.86 Å². The van der Waals surface area contributed by atoms with Gasteiger partial charge in [0.05, 0.1) is 47.3 Å². The highest BCUT2D eigenvalue weighted by atomic mass is 28.3. The molecule has 12 rings (SSSR count). The Morgan fingerprint density at radius 1 is 0.383 bits per heavy atom. The molecule has 0 spiro atoms. The van der Waals surface area contributed by atoms with Crippen LogP contribution in [0, 0.1) is 0 Å². The fraction of sp³-hybridized carbons (Fsp3) is 0.0357. The number of hydrogen-bond donors (Lipinski definition) is 0. The van der Waals surface area contributed by atoms with Gasteiger partial charge >= 0.3 is 0 Å². The van der Waals surface area contributed by atoms with E-state index in [0.717, 1.165) is 5.69 Å². The molecular formula is C56H42N3Si+. The summed E-state index contributed by atoms with van der Waals surface area (Å²) in [5.74, 6) is 0. The minimum absolute atomic E-state index is 0.710. The number of rotatable bonds is 6. The van der Waals surface area contributed by atoms with E-state index in [1.54, 1.807) is 0 Å². The molecule has 0 unspecified atom stereocenters. The molecule has 0 amide bonds. The van der Waals surface area contributed by atoms with Gasteiger partial charge in [-0.3, -0.25) is 4.48 Å². The van der Waals surface area contributed by atoms with Crippen molar-refractivity contribution in [2.45, 2.75) is 0 Å². The van der Waals surface area contributed by atoms with Crippen LogP contribution in [0.15, 0.2) is 218 Å². The fourth-order valence-electron chi connectivity index (χ4n) is 10.8. The SMILES string of the molecule is C[N+]1(C)c2ccccc2-c2c1ccc1c3ccccc3n(-c3cccc([Si](c4ccccc4)(c4ccccc4)c4cccc5c4c4ccccc4n5-c4ccccc4)c3)c21. The van der Waals surface area contributed by atoms with Crippen LogP contribution in [0.5, 0.6) is 0 Å². The zero-order chi connectivity index (χ0) is 40.0. The summed E-state index contributed by atoms with van der Waals surface area (Å²) in [5, 5.41) is 10.6. The molecule has 4 heteroatoms. The van der Waals surface area contributed by atoms with Gasteiger partial charge in [-0.05, 0) is 75.3 Å². The van der Waals surface area contributed by atoms with Crippen molar-refractivity contribution >= 4 is 83.8 Å². The number of fused-ring (bicyclic) bond motifs is 10. The summed E-state index contributed by atoms with van der Waals surface area (Å²) in [7, 11) is 1.56. The van der Waals surface area contributed by atoms with E-state index < -0.39 is 8.07 Å². The predicted octanol–water partition coefficient (Wildman–Crippen LogP) is 11.1. The van der Waals surface area contributed by atoms with Crippen molar-refractivity contribution in [3.8, 4) is 22.5 Å². The van der Waals surface area contributed by atoms with Crippen LogP contribution in [-0.2, 0) is 0 Å². The Kier molecular flexibility index (Phi) is 7.61. The van der Waals surface area contributed by atoms with Gasteiger partial charge in [-0.1, -0.05) is 152 Å². The largest absolute Gasteiger partial charge is 0.309 e. The van der Waals surface area contributed by atoms with Gasteiger partial charge in [0.2, 0.25) is 0 Å². The predicted molar refractivity (Wildman–Crippen MR) is 257 cm³/mol. The number of para-hydroxylation sites is 4. The molecule has 0 N–H and O–H groups in total. The minimum atomic E-state index is -3.08. The summed E-state index contributed by atoms with van der Waals surface area (Å²) in [6, 6.07) is 81.8. The van der Waals surface area contributed by atoms with E-state index in [4.69, 9.17) is 0 Å². The van der Waals surface area contributed by atoms with E-state index in [9.17, 15) is 0 Å². The number of nitrogens with zero attached hydrogens (tertiary/aromatic N) is 3. The first-order valence-electron chi connectivity index (χ1n) is 20.9. The number of quaternary nitrogens is 1. The zero-order valence-corrected chi connectivity index (χ0v) is 34.6. The molecule has 0 radical (unpaired) electrons. The second-order valence-electron chi connectivity index (χ2n) is 16.6. The second-order valence-corrected chi connectivity index (χ2v) is 20.4. The molecule has 60 heavy (non-hydrogen) atoms. The molecule has 1 aliphatic rings. The van der Waals surface area contributed by atoms with E-state index in [2.05, 4.69) is 242 Å². The maximum Gasteiger partial charge on any atom is 0.180 e. The van der Waals surface area contributed by atoms with Crippen molar-refractivity contribution in [3.05, 3.63) is 218 Å². The molecule has 9 aromatic carbocycles. The van der Waals surface area contributed by atoms with Crippen molar-refractivity contribution < 1.29 is 0 Å². The Balaban J connectivity index is 1.22. The van der Waals surface area contributed by atoms with E-state index in [-0.39, 0.29) is 0 Å². The van der Waals surface area contributed by atoms with Gasteiger partial charge in [0, 0.05) is 45.1 Å². The molecule has 3 heterocycles. The highest BCUT2D eigenvalue weighted by Crippen LogP contribution is 2.54. The lowest BCUT2D eigenvalue weighted by Crippen LogP contribution is -2.74. The van der Waals surface area contributed by atoms with Crippen LogP contribution < -0.4 is 25.2 Å². The highest BCUT2D eigenvalue weighted by Gasteiger charge is 2.44. The van der Waals surface area contributed by atoms with Gasteiger partial charge in [-0.15, -0.1) is 0 Å². The summed E-state index contributed by atoms with van der Waals surface area (Å²) in [5.41, 5.74) is 12.5. The zero-order valence-electron chi connectivity index (χ0n) is 33.6. The third kappa shape index (κ3) is 4.74. The molecule has 0 bridgehead atoms. The lowest BCUT2D eigenvalue weighted by atomic mass is 10.0. The molecule has 0 saturated heterocycles. The number of hydrogen-bond acceptors (Lipinski definition) is 0. The minimum Gasteiger partial charge on any atom is -0.309 e. The fourth-order valence-corrected chi connectivity index (χ4v) is 15.8. The molecule has 11 aromatic rings. The van der Waals surface area contributed by atoms with E-state index in [1.165, 1.54) is 92.5 Å². The molecule has 0 fully saturated rings. The number of aromatic nitrogens is 2. The van der Waals surface area contributed by atoms with Crippen LogP contribution in [0.3, 0.4) is 0 Å². The van der Waals surface area contributed by atoms with E-state index in [0.29, 0.717) is 4.48 Å². The highest BCUT2D eigenvalue weighted by molar-refractivity contribution is 7.20. The average molecular weight is 785 g/mol. The average Bonchev–Trinajstić information content (AvgIpc) is 3.91. The van der Waals surface area contributed by atoms with Crippen LogP contribution in [-0.4, -0.2) is 31.3 Å². The maximum atomic E-state index is 2.56. The summed E-state index contributed by atoms with van der Waals surface area (Å²) in [4.78, 5) is 0. The normalized spacial score (nSPS) is 13.3. The third-order valence-corrected chi connectivity index (χ3v) is 18.1.